The van der Waals surface area contributed by atoms with Crippen molar-refractivity contribution in [3.05, 3.63) is 101 Å². The highest BCUT2D eigenvalue weighted by molar-refractivity contribution is 6.03. The van der Waals surface area contributed by atoms with Gasteiger partial charge in [-0.15, -0.1) is 0 Å². The lowest BCUT2D eigenvalue weighted by molar-refractivity contribution is -0.121. The van der Waals surface area contributed by atoms with Crippen molar-refractivity contribution in [2.45, 2.75) is 25.2 Å². The Bertz CT molecular complexity index is 1090. The molecule has 5 heteroatoms. The molecule has 0 saturated heterocycles. The number of hydrogen-bond donors (Lipinski definition) is 1. The molecule has 1 aliphatic rings. The van der Waals surface area contributed by atoms with Gasteiger partial charge in [-0.3, -0.25) is 14.4 Å². The third-order valence-corrected chi connectivity index (χ3v) is 5.95. The largest absolute Gasteiger partial charge is 0.356 e. The van der Waals surface area contributed by atoms with Crippen LogP contribution in [0.4, 0.5) is 5.69 Å². The minimum atomic E-state index is -0.0864. The van der Waals surface area contributed by atoms with Crippen LogP contribution in [0.1, 0.15) is 45.8 Å². The maximum Gasteiger partial charge on any atom is 0.231 e. The summed E-state index contributed by atoms with van der Waals surface area (Å²) in [4.78, 5) is 38.7. The lowest BCUT2D eigenvalue weighted by Gasteiger charge is -2.18. The van der Waals surface area contributed by atoms with E-state index in [2.05, 4.69) is 5.32 Å². The van der Waals surface area contributed by atoms with Crippen molar-refractivity contribution in [1.29, 1.82) is 0 Å². The Morgan fingerprint density at radius 3 is 2.19 bits per heavy atom. The molecule has 3 aromatic rings. The highest BCUT2D eigenvalue weighted by Gasteiger charge is 2.24. The maximum absolute atomic E-state index is 12.7. The molecule has 3 aromatic carbocycles. The van der Waals surface area contributed by atoms with E-state index in [9.17, 15) is 14.4 Å². The van der Waals surface area contributed by atoms with Gasteiger partial charge in [-0.1, -0.05) is 60.7 Å². The van der Waals surface area contributed by atoms with Gasteiger partial charge in [0, 0.05) is 43.6 Å². The Morgan fingerprint density at radius 1 is 0.938 bits per heavy atom. The quantitative estimate of drug-likeness (QED) is 0.551. The van der Waals surface area contributed by atoms with Gasteiger partial charge >= 0.3 is 0 Å². The SMILES string of the molecule is CN1C(=O)Cc2cc(C(=O)CCNC(=O)CC(c3ccccc3)c3ccccc3)ccc21. The monoisotopic (exact) mass is 426 g/mol. The maximum atomic E-state index is 12.7. The zero-order chi connectivity index (χ0) is 22.5. The summed E-state index contributed by atoms with van der Waals surface area (Å²) in [5, 5.41) is 2.90. The van der Waals surface area contributed by atoms with Gasteiger partial charge in [0.05, 0.1) is 6.42 Å². The molecule has 162 valence electrons. The van der Waals surface area contributed by atoms with E-state index in [1.807, 2.05) is 66.7 Å². The van der Waals surface area contributed by atoms with Gasteiger partial charge in [0.2, 0.25) is 11.8 Å². The number of anilines is 1. The molecule has 5 nitrogen and oxygen atoms in total. The summed E-state index contributed by atoms with van der Waals surface area (Å²) in [6, 6.07) is 25.3. The first-order valence-electron chi connectivity index (χ1n) is 10.8. The molecule has 0 unspecified atom stereocenters. The van der Waals surface area contributed by atoms with Gasteiger partial charge in [-0.2, -0.15) is 0 Å². The summed E-state index contributed by atoms with van der Waals surface area (Å²) in [6.45, 7) is 0.282. The van der Waals surface area contributed by atoms with Crippen LogP contribution < -0.4 is 10.2 Å². The third kappa shape index (κ3) is 4.78. The molecule has 2 amide bonds. The molecule has 32 heavy (non-hydrogen) atoms. The van der Waals surface area contributed by atoms with Gasteiger partial charge in [-0.05, 0) is 34.9 Å². The molecule has 0 saturated carbocycles. The molecule has 0 spiro atoms. The van der Waals surface area contributed by atoms with E-state index in [1.165, 1.54) is 0 Å². The minimum absolute atomic E-state index is 0.0308. The molecule has 1 N–H and O–H groups in total. The van der Waals surface area contributed by atoms with Gasteiger partial charge in [0.1, 0.15) is 0 Å². The van der Waals surface area contributed by atoms with Crippen LogP contribution in [0.25, 0.3) is 0 Å². The average Bonchev–Trinajstić information content (AvgIpc) is 3.11. The van der Waals surface area contributed by atoms with Crippen LogP contribution in [0, 0.1) is 0 Å². The van der Waals surface area contributed by atoms with Gasteiger partial charge in [-0.25, -0.2) is 0 Å². The average molecular weight is 427 g/mol. The number of nitrogens with one attached hydrogen (secondary N) is 1. The molecular weight excluding hydrogens is 400 g/mol. The van der Waals surface area contributed by atoms with E-state index in [-0.39, 0.29) is 36.5 Å². The summed E-state index contributed by atoms with van der Waals surface area (Å²) in [5.41, 5.74) is 4.48. The zero-order valence-corrected chi connectivity index (χ0v) is 18.1. The van der Waals surface area contributed by atoms with Crippen LogP contribution in [0.3, 0.4) is 0 Å². The minimum Gasteiger partial charge on any atom is -0.356 e. The van der Waals surface area contributed by atoms with Crippen LogP contribution in [0.5, 0.6) is 0 Å². The summed E-state index contributed by atoms with van der Waals surface area (Å²) in [7, 11) is 1.74. The van der Waals surface area contributed by atoms with Crippen molar-refractivity contribution < 1.29 is 14.4 Å². The Hall–Kier alpha value is -3.73. The van der Waals surface area contributed by atoms with Crippen molar-refractivity contribution in [2.24, 2.45) is 0 Å². The summed E-state index contributed by atoms with van der Waals surface area (Å²) in [5.74, 6) is -0.142. The highest BCUT2D eigenvalue weighted by Crippen LogP contribution is 2.29. The number of ketones is 1. The number of carbonyl (C=O) groups excluding carboxylic acids is 3. The number of hydrogen-bond acceptors (Lipinski definition) is 3. The molecule has 1 aliphatic heterocycles. The standard InChI is InChI=1S/C27H26N2O3/c1-29-24-13-12-21(16-22(24)17-27(29)32)25(30)14-15-28-26(31)18-23(19-8-4-2-5-9-19)20-10-6-3-7-11-20/h2-13,16,23H,14-15,17-18H2,1H3,(H,28,31). The number of Topliss-reactive ketones (excluding diaryl/α,β-unsaturated/α-hetero) is 1. The van der Waals surface area contributed by atoms with Gasteiger partial charge in [0.15, 0.2) is 5.78 Å². The molecule has 0 aromatic heterocycles. The lowest BCUT2D eigenvalue weighted by Crippen LogP contribution is -2.27. The molecule has 0 aliphatic carbocycles. The molecule has 0 radical (unpaired) electrons. The predicted octanol–water partition coefficient (Wildman–Crippen LogP) is 4.12. The molecule has 0 fully saturated rings. The molecule has 0 bridgehead atoms. The number of likely N-dealkylation sites (N-methyl/N-ethyl adjacent to an activating group) is 1. The van der Waals surface area contributed by atoms with Crippen LogP contribution in [0.2, 0.25) is 0 Å². The fourth-order valence-corrected chi connectivity index (χ4v) is 4.16. The Labute approximate surface area is 188 Å². The van der Waals surface area contributed by atoms with Crippen LogP contribution in [-0.2, 0) is 16.0 Å². The first kappa shape index (κ1) is 21.5. The van der Waals surface area contributed by atoms with E-state index < -0.39 is 0 Å². The Balaban J connectivity index is 1.35. The van der Waals surface area contributed by atoms with Crippen LogP contribution >= 0.6 is 0 Å². The van der Waals surface area contributed by atoms with E-state index >= 15 is 0 Å². The second kappa shape index (κ2) is 9.60. The van der Waals surface area contributed by atoms with E-state index in [0.29, 0.717) is 18.4 Å². The zero-order valence-electron chi connectivity index (χ0n) is 18.1. The van der Waals surface area contributed by atoms with Crippen LogP contribution in [0.15, 0.2) is 78.9 Å². The van der Waals surface area contributed by atoms with Crippen LogP contribution in [-0.4, -0.2) is 31.2 Å². The molecule has 4 rings (SSSR count). The van der Waals surface area contributed by atoms with E-state index in [4.69, 9.17) is 0 Å². The van der Waals surface area contributed by atoms with Gasteiger partial charge < -0.3 is 10.2 Å². The smallest absolute Gasteiger partial charge is 0.231 e. The van der Waals surface area contributed by atoms with E-state index in [1.54, 1.807) is 24.1 Å². The number of nitrogens with zero attached hydrogens (tertiary/aromatic N) is 1. The first-order chi connectivity index (χ1) is 15.5. The highest BCUT2D eigenvalue weighted by atomic mass is 16.2. The van der Waals surface area contributed by atoms with Gasteiger partial charge in [0.25, 0.3) is 0 Å². The second-order valence-electron chi connectivity index (χ2n) is 8.07. The third-order valence-electron chi connectivity index (χ3n) is 5.95. The van der Waals surface area contributed by atoms with Crippen molar-refractivity contribution in [3.8, 4) is 0 Å². The molecule has 1 heterocycles. The summed E-state index contributed by atoms with van der Waals surface area (Å²) >= 11 is 0. The van der Waals surface area contributed by atoms with E-state index in [0.717, 1.165) is 22.4 Å². The first-order valence-corrected chi connectivity index (χ1v) is 10.8. The summed E-state index contributed by atoms with van der Waals surface area (Å²) in [6.07, 6.45) is 0.856. The predicted molar refractivity (Wildman–Crippen MR) is 125 cm³/mol. The summed E-state index contributed by atoms with van der Waals surface area (Å²) < 4.78 is 0. The Kier molecular flexibility index (Phi) is 6.45. The number of amides is 2. The molecule has 0 atom stereocenters. The molecular formula is C27H26N2O3. The second-order valence-corrected chi connectivity index (χ2v) is 8.07. The topological polar surface area (TPSA) is 66.5 Å². The Morgan fingerprint density at radius 2 is 1.56 bits per heavy atom. The van der Waals surface area contributed by atoms with Crippen molar-refractivity contribution >= 4 is 23.3 Å². The fraction of sp³-hybridized carbons (Fsp3) is 0.222. The number of rotatable bonds is 8. The number of carbonyl (C=O) groups is 3. The normalized spacial score (nSPS) is 12.7. The number of fused-ring (bicyclic) bond motifs is 1. The lowest BCUT2D eigenvalue weighted by atomic mass is 9.88. The van der Waals surface area contributed by atoms with Crippen molar-refractivity contribution in [3.63, 3.8) is 0 Å². The number of benzene rings is 3. The van der Waals surface area contributed by atoms with Crippen molar-refractivity contribution in [1.82, 2.24) is 5.32 Å². The van der Waals surface area contributed by atoms with Crippen molar-refractivity contribution in [2.75, 3.05) is 18.5 Å². The fourth-order valence-electron chi connectivity index (χ4n) is 4.16.